The van der Waals surface area contributed by atoms with Crippen molar-refractivity contribution in [3.63, 3.8) is 0 Å². The van der Waals surface area contributed by atoms with Crippen LogP contribution < -0.4 is 5.32 Å². The Balaban J connectivity index is 1.38. The van der Waals surface area contributed by atoms with Gasteiger partial charge in [0, 0.05) is 27.8 Å². The van der Waals surface area contributed by atoms with E-state index in [9.17, 15) is 4.79 Å². The number of carbonyl (C=O) groups excluding carboxylic acids is 1. The van der Waals surface area contributed by atoms with Crippen molar-refractivity contribution in [2.24, 2.45) is 5.92 Å². The molecule has 0 saturated carbocycles. The summed E-state index contributed by atoms with van der Waals surface area (Å²) in [6, 6.07) is 12.8. The third-order valence-electron chi connectivity index (χ3n) is 5.24. The number of carbonyl (C=O) groups is 1. The summed E-state index contributed by atoms with van der Waals surface area (Å²) >= 11 is 12.1. The molecule has 0 spiro atoms. The Labute approximate surface area is 185 Å². The van der Waals surface area contributed by atoms with Crippen molar-refractivity contribution in [3.8, 4) is 11.4 Å². The molecule has 6 nitrogen and oxygen atoms in total. The first-order valence-electron chi connectivity index (χ1n) is 9.86. The highest BCUT2D eigenvalue weighted by Crippen LogP contribution is 2.25. The number of nitrogens with zero attached hydrogens (tertiary/aromatic N) is 3. The number of hydrogen-bond acceptors (Lipinski definition) is 5. The number of aryl methyl sites for hydroxylation is 1. The maximum atomic E-state index is 12.8. The van der Waals surface area contributed by atoms with Gasteiger partial charge in [-0.25, -0.2) is 0 Å². The molecule has 1 amide bonds. The number of halogens is 2. The number of amides is 1. The molecule has 1 fully saturated rings. The van der Waals surface area contributed by atoms with Gasteiger partial charge in [-0.05, 0) is 56.1 Å². The predicted octanol–water partition coefficient (Wildman–Crippen LogP) is 5.20. The maximum absolute atomic E-state index is 12.8. The minimum absolute atomic E-state index is 0.00946. The zero-order valence-electron chi connectivity index (χ0n) is 16.6. The first-order valence-corrected chi connectivity index (χ1v) is 10.6. The van der Waals surface area contributed by atoms with Crippen LogP contribution in [0.4, 0.5) is 5.69 Å². The van der Waals surface area contributed by atoms with Gasteiger partial charge in [-0.3, -0.25) is 9.69 Å². The molecule has 8 heteroatoms. The van der Waals surface area contributed by atoms with Gasteiger partial charge in [-0.15, -0.1) is 0 Å². The van der Waals surface area contributed by atoms with Gasteiger partial charge in [0.25, 0.3) is 0 Å². The monoisotopic (exact) mass is 444 g/mol. The van der Waals surface area contributed by atoms with Gasteiger partial charge in [0.2, 0.25) is 17.6 Å². The minimum atomic E-state index is -0.104. The molecule has 1 N–H and O–H groups in total. The molecule has 1 aliphatic rings. The molecule has 2 aromatic carbocycles. The largest absolute Gasteiger partial charge is 0.338 e. The van der Waals surface area contributed by atoms with Gasteiger partial charge in [-0.1, -0.05) is 46.6 Å². The Kier molecular flexibility index (Phi) is 6.37. The number of aromatic nitrogens is 2. The van der Waals surface area contributed by atoms with E-state index in [4.69, 9.17) is 27.7 Å². The molecule has 4 rings (SSSR count). The second-order valence-corrected chi connectivity index (χ2v) is 8.42. The van der Waals surface area contributed by atoms with E-state index in [1.807, 2.05) is 31.2 Å². The van der Waals surface area contributed by atoms with E-state index in [1.165, 1.54) is 0 Å². The van der Waals surface area contributed by atoms with Gasteiger partial charge in [-0.2, -0.15) is 4.98 Å². The molecule has 1 unspecified atom stereocenters. The fraction of sp³-hybridized carbons (Fsp3) is 0.318. The van der Waals surface area contributed by atoms with E-state index in [2.05, 4.69) is 20.4 Å². The Hall–Kier alpha value is -2.41. The molecule has 0 bridgehead atoms. The van der Waals surface area contributed by atoms with Crippen LogP contribution in [0.3, 0.4) is 0 Å². The topological polar surface area (TPSA) is 71.3 Å². The Morgan fingerprint density at radius 3 is 2.90 bits per heavy atom. The minimum Gasteiger partial charge on any atom is -0.338 e. The molecular formula is C22H22Cl2N4O2. The van der Waals surface area contributed by atoms with Gasteiger partial charge >= 0.3 is 0 Å². The average molecular weight is 445 g/mol. The number of hydrogen-bond donors (Lipinski definition) is 1. The zero-order valence-corrected chi connectivity index (χ0v) is 18.1. The molecule has 0 aliphatic carbocycles. The molecule has 2 heterocycles. The summed E-state index contributed by atoms with van der Waals surface area (Å²) in [4.78, 5) is 19.5. The van der Waals surface area contributed by atoms with Crippen LogP contribution in [0.25, 0.3) is 11.4 Å². The first-order chi connectivity index (χ1) is 14.5. The Bertz CT molecular complexity index is 1050. The number of likely N-dealkylation sites (tertiary alicyclic amines) is 1. The van der Waals surface area contributed by atoms with Crippen molar-refractivity contribution in [2.75, 3.05) is 18.4 Å². The summed E-state index contributed by atoms with van der Waals surface area (Å²) in [5.41, 5.74) is 2.55. The molecule has 30 heavy (non-hydrogen) atoms. The second-order valence-electron chi connectivity index (χ2n) is 7.54. The average Bonchev–Trinajstić information content (AvgIpc) is 3.19. The zero-order chi connectivity index (χ0) is 21.1. The molecule has 3 aromatic rings. The second kappa shape index (κ2) is 9.16. The maximum Gasteiger partial charge on any atom is 0.241 e. The third-order valence-corrected chi connectivity index (χ3v) is 5.71. The van der Waals surface area contributed by atoms with E-state index in [1.54, 1.807) is 18.2 Å². The summed E-state index contributed by atoms with van der Waals surface area (Å²) in [6.45, 7) is 3.98. The van der Waals surface area contributed by atoms with Crippen molar-refractivity contribution in [2.45, 2.75) is 26.3 Å². The van der Waals surface area contributed by atoms with Crippen LogP contribution in [0.1, 0.15) is 24.3 Å². The third kappa shape index (κ3) is 5.01. The van der Waals surface area contributed by atoms with Crippen LogP contribution in [0.5, 0.6) is 0 Å². The summed E-state index contributed by atoms with van der Waals surface area (Å²) in [5.74, 6) is 0.939. The summed E-state index contributed by atoms with van der Waals surface area (Å²) in [6.07, 6.45) is 1.78. The smallest absolute Gasteiger partial charge is 0.241 e. The van der Waals surface area contributed by atoms with E-state index in [0.717, 1.165) is 36.2 Å². The molecule has 156 valence electrons. The predicted molar refractivity (Wildman–Crippen MR) is 118 cm³/mol. The summed E-state index contributed by atoms with van der Waals surface area (Å²) < 4.78 is 5.42. The Morgan fingerprint density at radius 2 is 2.07 bits per heavy atom. The molecule has 0 radical (unpaired) electrons. The van der Waals surface area contributed by atoms with Gasteiger partial charge < -0.3 is 9.84 Å². The fourth-order valence-corrected chi connectivity index (χ4v) is 3.99. The molecular weight excluding hydrogens is 423 g/mol. The number of rotatable bonds is 5. The van der Waals surface area contributed by atoms with Crippen LogP contribution in [0.15, 0.2) is 47.0 Å². The lowest BCUT2D eigenvalue weighted by atomic mass is 9.97. The lowest BCUT2D eigenvalue weighted by molar-refractivity contribution is -0.121. The highest BCUT2D eigenvalue weighted by Gasteiger charge is 2.27. The van der Waals surface area contributed by atoms with E-state index < -0.39 is 0 Å². The fourth-order valence-electron chi connectivity index (χ4n) is 3.63. The highest BCUT2D eigenvalue weighted by atomic mass is 35.5. The lowest BCUT2D eigenvalue weighted by Crippen LogP contribution is -2.40. The Morgan fingerprint density at radius 1 is 1.23 bits per heavy atom. The molecule has 1 aliphatic heterocycles. The standard InChI is InChI=1S/C22H22Cl2N4O2/c1-14-7-8-18(24)11-19(14)25-22(29)16-5-3-9-28(12-16)13-20-26-21(27-30-20)15-4-2-6-17(23)10-15/h2,4,6-8,10-11,16H,3,5,9,12-13H2,1H3,(H,25,29). The van der Waals surface area contributed by atoms with Crippen molar-refractivity contribution in [1.82, 2.24) is 15.0 Å². The number of benzene rings is 2. The molecule has 1 aromatic heterocycles. The van der Waals surface area contributed by atoms with Gasteiger partial charge in [0.1, 0.15) is 0 Å². The van der Waals surface area contributed by atoms with Crippen LogP contribution in [0, 0.1) is 12.8 Å². The quantitative estimate of drug-likeness (QED) is 0.585. The highest BCUT2D eigenvalue weighted by molar-refractivity contribution is 6.31. The SMILES string of the molecule is Cc1ccc(Cl)cc1NC(=O)C1CCCN(Cc2nc(-c3cccc(Cl)c3)no2)C1. The first kappa shape index (κ1) is 20.8. The van der Waals surface area contributed by atoms with Crippen LogP contribution >= 0.6 is 23.2 Å². The summed E-state index contributed by atoms with van der Waals surface area (Å²) in [5, 5.41) is 8.31. The van der Waals surface area contributed by atoms with Crippen molar-refractivity contribution >= 4 is 34.8 Å². The van der Waals surface area contributed by atoms with Crippen molar-refractivity contribution in [3.05, 3.63) is 64.0 Å². The van der Waals surface area contributed by atoms with Crippen molar-refractivity contribution < 1.29 is 9.32 Å². The van der Waals surface area contributed by atoms with E-state index >= 15 is 0 Å². The van der Waals surface area contributed by atoms with E-state index in [-0.39, 0.29) is 11.8 Å². The number of piperidine rings is 1. The number of nitrogens with one attached hydrogen (secondary N) is 1. The van der Waals surface area contributed by atoms with Crippen molar-refractivity contribution in [1.29, 1.82) is 0 Å². The summed E-state index contributed by atoms with van der Waals surface area (Å²) in [7, 11) is 0. The number of anilines is 1. The van der Waals surface area contributed by atoms with Crippen LogP contribution in [0.2, 0.25) is 10.0 Å². The van der Waals surface area contributed by atoms with E-state index in [0.29, 0.717) is 34.8 Å². The normalized spacial score (nSPS) is 17.1. The molecule has 1 atom stereocenters. The lowest BCUT2D eigenvalue weighted by Gasteiger charge is -2.31. The van der Waals surface area contributed by atoms with Crippen LogP contribution in [-0.2, 0) is 11.3 Å². The molecule has 1 saturated heterocycles. The van der Waals surface area contributed by atoms with Crippen LogP contribution in [-0.4, -0.2) is 34.0 Å². The van der Waals surface area contributed by atoms with Gasteiger partial charge in [0.05, 0.1) is 12.5 Å². The van der Waals surface area contributed by atoms with Gasteiger partial charge in [0.15, 0.2) is 0 Å².